The van der Waals surface area contributed by atoms with Crippen LogP contribution >= 0.6 is 11.6 Å². The Morgan fingerprint density at radius 3 is 2.73 bits per heavy atom. The second-order valence-electron chi connectivity index (χ2n) is 3.26. The van der Waals surface area contributed by atoms with E-state index in [-0.39, 0.29) is 6.04 Å². The average Bonchev–Trinajstić information content (AvgIpc) is 2.77. The van der Waals surface area contributed by atoms with Crippen molar-refractivity contribution in [2.24, 2.45) is 0 Å². The molecule has 78 valence electrons. The molecule has 0 amide bonds. The Balaban J connectivity index is 2.32. The van der Waals surface area contributed by atoms with E-state index >= 15 is 0 Å². The van der Waals surface area contributed by atoms with Gasteiger partial charge in [0.25, 0.3) is 0 Å². The summed E-state index contributed by atoms with van der Waals surface area (Å²) in [6.45, 7) is 2.04. The third-order valence-electron chi connectivity index (χ3n) is 2.33. The van der Waals surface area contributed by atoms with Crippen LogP contribution in [-0.4, -0.2) is 20.2 Å². The summed E-state index contributed by atoms with van der Waals surface area (Å²) in [4.78, 5) is 0. The molecule has 0 bridgehead atoms. The third-order valence-corrected chi connectivity index (χ3v) is 2.57. The van der Waals surface area contributed by atoms with E-state index in [0.29, 0.717) is 11.7 Å². The number of hydrogen-bond acceptors (Lipinski definition) is 3. The molecule has 0 fully saturated rings. The first-order valence-electron chi connectivity index (χ1n) is 4.70. The van der Waals surface area contributed by atoms with Crippen LogP contribution in [0.15, 0.2) is 30.3 Å². The Labute approximate surface area is 92.9 Å². The number of aromatic nitrogens is 4. The molecule has 1 aromatic heterocycles. The summed E-state index contributed by atoms with van der Waals surface area (Å²) >= 11 is 5.74. The molecule has 2 aromatic rings. The molecule has 0 saturated heterocycles. The van der Waals surface area contributed by atoms with Crippen molar-refractivity contribution in [2.75, 3.05) is 0 Å². The molecule has 0 aliphatic carbocycles. The lowest BCUT2D eigenvalue weighted by Gasteiger charge is -2.12. The standard InChI is InChI=1S/C10H11ClN4/c1-8(9-5-3-2-4-6-9)15-10(7-11)12-13-14-15/h2-6,8H,7H2,1H3. The molecule has 0 saturated carbocycles. The topological polar surface area (TPSA) is 43.6 Å². The first kappa shape index (κ1) is 10.1. The minimum Gasteiger partial charge on any atom is -0.221 e. The zero-order valence-corrected chi connectivity index (χ0v) is 9.09. The second-order valence-corrected chi connectivity index (χ2v) is 3.53. The van der Waals surface area contributed by atoms with Crippen LogP contribution in [0.3, 0.4) is 0 Å². The van der Waals surface area contributed by atoms with Gasteiger partial charge in [-0.2, -0.15) is 0 Å². The number of benzene rings is 1. The lowest BCUT2D eigenvalue weighted by molar-refractivity contribution is 0.528. The van der Waals surface area contributed by atoms with Crippen molar-refractivity contribution in [3.05, 3.63) is 41.7 Å². The lowest BCUT2D eigenvalue weighted by Crippen LogP contribution is -2.11. The van der Waals surface area contributed by atoms with E-state index in [1.807, 2.05) is 37.3 Å². The first-order valence-corrected chi connectivity index (χ1v) is 5.24. The van der Waals surface area contributed by atoms with Crippen LogP contribution in [0.4, 0.5) is 0 Å². The number of tetrazole rings is 1. The van der Waals surface area contributed by atoms with Gasteiger partial charge in [0.05, 0.1) is 11.9 Å². The van der Waals surface area contributed by atoms with Crippen molar-refractivity contribution >= 4 is 11.6 Å². The molecule has 15 heavy (non-hydrogen) atoms. The van der Waals surface area contributed by atoms with E-state index in [0.717, 1.165) is 5.56 Å². The Kier molecular flexibility index (Phi) is 2.97. The van der Waals surface area contributed by atoms with Crippen molar-refractivity contribution in [3.8, 4) is 0 Å². The van der Waals surface area contributed by atoms with Crippen molar-refractivity contribution in [3.63, 3.8) is 0 Å². The van der Waals surface area contributed by atoms with Gasteiger partial charge in [-0.15, -0.1) is 16.7 Å². The molecule has 0 N–H and O–H groups in total. The Hall–Kier alpha value is -1.42. The van der Waals surface area contributed by atoms with Gasteiger partial charge in [0.2, 0.25) is 0 Å². The maximum Gasteiger partial charge on any atom is 0.166 e. The van der Waals surface area contributed by atoms with Gasteiger partial charge in [0.15, 0.2) is 5.82 Å². The molecule has 0 radical (unpaired) electrons. The minimum atomic E-state index is 0.106. The summed E-state index contributed by atoms with van der Waals surface area (Å²) in [5, 5.41) is 11.4. The number of rotatable bonds is 3. The smallest absolute Gasteiger partial charge is 0.166 e. The van der Waals surface area contributed by atoms with Crippen LogP contribution in [0.25, 0.3) is 0 Å². The first-order chi connectivity index (χ1) is 7.33. The monoisotopic (exact) mass is 222 g/mol. The van der Waals surface area contributed by atoms with Gasteiger partial charge in [0.1, 0.15) is 0 Å². The highest BCUT2D eigenvalue weighted by Gasteiger charge is 2.13. The van der Waals surface area contributed by atoms with Crippen LogP contribution in [-0.2, 0) is 5.88 Å². The zero-order chi connectivity index (χ0) is 10.7. The quantitative estimate of drug-likeness (QED) is 0.747. The van der Waals surface area contributed by atoms with Crippen molar-refractivity contribution in [1.82, 2.24) is 20.2 Å². The van der Waals surface area contributed by atoms with Gasteiger partial charge in [0, 0.05) is 0 Å². The van der Waals surface area contributed by atoms with Gasteiger partial charge < -0.3 is 0 Å². The molecule has 0 aliphatic rings. The van der Waals surface area contributed by atoms with Gasteiger partial charge in [-0.05, 0) is 22.9 Å². The van der Waals surface area contributed by atoms with Crippen LogP contribution < -0.4 is 0 Å². The third kappa shape index (κ3) is 1.99. The number of nitrogens with zero attached hydrogens (tertiary/aromatic N) is 4. The minimum absolute atomic E-state index is 0.106. The number of halogens is 1. The largest absolute Gasteiger partial charge is 0.221 e. The maximum atomic E-state index is 5.74. The zero-order valence-electron chi connectivity index (χ0n) is 8.34. The summed E-state index contributed by atoms with van der Waals surface area (Å²) in [5.41, 5.74) is 1.16. The van der Waals surface area contributed by atoms with E-state index in [1.165, 1.54) is 0 Å². The van der Waals surface area contributed by atoms with Gasteiger partial charge in [-0.3, -0.25) is 0 Å². The molecule has 1 unspecified atom stereocenters. The fourth-order valence-corrected chi connectivity index (χ4v) is 1.65. The Bertz CT molecular complexity index is 426. The highest BCUT2D eigenvalue weighted by molar-refractivity contribution is 6.16. The molecule has 0 aliphatic heterocycles. The summed E-state index contributed by atoms with van der Waals surface area (Å²) in [5.74, 6) is 1.01. The van der Waals surface area contributed by atoms with E-state index in [9.17, 15) is 0 Å². The molecule has 1 atom stereocenters. The van der Waals surface area contributed by atoms with E-state index in [4.69, 9.17) is 11.6 Å². The highest BCUT2D eigenvalue weighted by Crippen LogP contribution is 2.17. The van der Waals surface area contributed by atoms with Gasteiger partial charge in [-0.25, -0.2) is 4.68 Å². The predicted octanol–water partition coefficient (Wildman–Crippen LogP) is 2.02. The van der Waals surface area contributed by atoms with Crippen molar-refractivity contribution in [2.45, 2.75) is 18.8 Å². The van der Waals surface area contributed by atoms with Crippen molar-refractivity contribution in [1.29, 1.82) is 0 Å². The SMILES string of the molecule is CC(c1ccccc1)n1nnnc1CCl. The van der Waals surface area contributed by atoms with E-state index in [1.54, 1.807) is 4.68 Å². The summed E-state index contributed by atoms with van der Waals surface area (Å²) in [6, 6.07) is 10.2. The molecular weight excluding hydrogens is 212 g/mol. The normalized spacial score (nSPS) is 12.7. The summed E-state index contributed by atoms with van der Waals surface area (Å²) < 4.78 is 1.74. The van der Waals surface area contributed by atoms with Crippen LogP contribution in [0, 0.1) is 0 Å². The number of hydrogen-bond donors (Lipinski definition) is 0. The van der Waals surface area contributed by atoms with Crippen LogP contribution in [0.5, 0.6) is 0 Å². The highest BCUT2D eigenvalue weighted by atomic mass is 35.5. The van der Waals surface area contributed by atoms with Crippen LogP contribution in [0.1, 0.15) is 24.4 Å². The van der Waals surface area contributed by atoms with Crippen LogP contribution in [0.2, 0.25) is 0 Å². The fraction of sp³-hybridized carbons (Fsp3) is 0.300. The summed E-state index contributed by atoms with van der Waals surface area (Å²) in [7, 11) is 0. The lowest BCUT2D eigenvalue weighted by atomic mass is 10.1. The molecule has 0 spiro atoms. The average molecular weight is 223 g/mol. The van der Waals surface area contributed by atoms with Gasteiger partial charge in [-0.1, -0.05) is 30.3 Å². The van der Waals surface area contributed by atoms with Gasteiger partial charge >= 0.3 is 0 Å². The molecule has 4 nitrogen and oxygen atoms in total. The van der Waals surface area contributed by atoms with E-state index in [2.05, 4.69) is 15.5 Å². The fourth-order valence-electron chi connectivity index (χ4n) is 1.47. The van der Waals surface area contributed by atoms with Crippen molar-refractivity contribution < 1.29 is 0 Å². The molecular formula is C10H11ClN4. The molecule has 1 heterocycles. The number of alkyl halides is 1. The predicted molar refractivity (Wildman–Crippen MR) is 57.6 cm³/mol. The van der Waals surface area contributed by atoms with E-state index < -0.39 is 0 Å². The second kappa shape index (κ2) is 4.40. The Morgan fingerprint density at radius 2 is 2.07 bits per heavy atom. The summed E-state index contributed by atoms with van der Waals surface area (Å²) in [6.07, 6.45) is 0. The molecule has 5 heteroatoms. The molecule has 1 aromatic carbocycles. The molecule has 2 rings (SSSR count). The maximum absolute atomic E-state index is 5.74. The Morgan fingerprint density at radius 1 is 1.33 bits per heavy atom.